The Bertz CT molecular complexity index is 833. The zero-order valence-electron chi connectivity index (χ0n) is 15.0. The summed E-state index contributed by atoms with van der Waals surface area (Å²) < 4.78 is 31.8. The van der Waals surface area contributed by atoms with Crippen LogP contribution in [0.5, 0.6) is 5.75 Å². The number of rotatable bonds is 9. The zero-order valence-corrected chi connectivity index (χ0v) is 15.8. The number of hydrogen-bond acceptors (Lipinski definition) is 4. The molecule has 0 aliphatic rings. The highest BCUT2D eigenvalue weighted by atomic mass is 32.2. The third kappa shape index (κ3) is 5.57. The number of carbonyl (C=O) groups excluding carboxylic acids is 1. The molecule has 0 bridgehead atoms. The van der Waals surface area contributed by atoms with E-state index < -0.39 is 10.0 Å². The lowest BCUT2D eigenvalue weighted by molar-refractivity contribution is -0.116. The molecule has 0 unspecified atom stereocenters. The molecule has 7 heteroatoms. The molecule has 6 nitrogen and oxygen atoms in total. The Morgan fingerprint density at radius 3 is 2.42 bits per heavy atom. The molecule has 2 aromatic rings. The summed E-state index contributed by atoms with van der Waals surface area (Å²) in [6, 6.07) is 13.8. The highest BCUT2D eigenvalue weighted by Crippen LogP contribution is 2.23. The van der Waals surface area contributed by atoms with Crippen molar-refractivity contribution in [2.75, 3.05) is 19.0 Å². The fourth-order valence-electron chi connectivity index (χ4n) is 2.37. The van der Waals surface area contributed by atoms with Crippen LogP contribution in [0.2, 0.25) is 0 Å². The molecule has 1 amide bonds. The van der Waals surface area contributed by atoms with E-state index >= 15 is 0 Å². The van der Waals surface area contributed by atoms with E-state index in [1.807, 2.05) is 19.1 Å². The van der Waals surface area contributed by atoms with Gasteiger partial charge < -0.3 is 10.1 Å². The van der Waals surface area contributed by atoms with Gasteiger partial charge in [0.05, 0.1) is 17.7 Å². The second kappa shape index (κ2) is 9.35. The van der Waals surface area contributed by atoms with Crippen LogP contribution in [0.4, 0.5) is 5.69 Å². The van der Waals surface area contributed by atoms with Crippen molar-refractivity contribution in [1.29, 1.82) is 0 Å². The second-order valence-electron chi connectivity index (χ2n) is 5.79. The van der Waals surface area contributed by atoms with Crippen molar-refractivity contribution >= 4 is 21.6 Å². The van der Waals surface area contributed by atoms with E-state index in [9.17, 15) is 13.2 Å². The maximum atomic E-state index is 12.1. The summed E-state index contributed by atoms with van der Waals surface area (Å²) in [6.45, 7) is 2.31. The number of aryl methyl sites for hydroxylation is 1. The number of para-hydroxylation sites is 2. The third-order valence-corrected chi connectivity index (χ3v) is 5.27. The molecule has 0 saturated carbocycles. The van der Waals surface area contributed by atoms with E-state index in [4.69, 9.17) is 4.74 Å². The number of carbonyl (C=O) groups is 1. The number of amides is 1. The maximum absolute atomic E-state index is 12.1. The molecule has 0 saturated heterocycles. The fraction of sp³-hybridized carbons (Fsp3) is 0.316. The molecule has 0 spiro atoms. The Labute approximate surface area is 154 Å². The molecule has 2 N–H and O–H groups in total. The van der Waals surface area contributed by atoms with Crippen molar-refractivity contribution in [2.24, 2.45) is 0 Å². The van der Waals surface area contributed by atoms with E-state index in [0.29, 0.717) is 24.4 Å². The average Bonchev–Trinajstić information content (AvgIpc) is 2.65. The van der Waals surface area contributed by atoms with Crippen LogP contribution >= 0.6 is 0 Å². The van der Waals surface area contributed by atoms with Gasteiger partial charge in [0.2, 0.25) is 15.9 Å². The van der Waals surface area contributed by atoms with Gasteiger partial charge in [-0.25, -0.2) is 13.1 Å². The van der Waals surface area contributed by atoms with Gasteiger partial charge in [0.25, 0.3) is 0 Å². The quantitative estimate of drug-likeness (QED) is 0.705. The van der Waals surface area contributed by atoms with Crippen molar-refractivity contribution in [2.45, 2.75) is 31.1 Å². The van der Waals surface area contributed by atoms with Crippen LogP contribution in [0.25, 0.3) is 0 Å². The molecule has 0 radical (unpaired) electrons. The predicted molar refractivity (Wildman–Crippen MR) is 102 cm³/mol. The summed E-state index contributed by atoms with van der Waals surface area (Å²) in [4.78, 5) is 12.4. The number of sulfonamides is 1. The van der Waals surface area contributed by atoms with Gasteiger partial charge in [0, 0.05) is 13.0 Å². The van der Waals surface area contributed by atoms with Gasteiger partial charge in [0.1, 0.15) is 5.75 Å². The maximum Gasteiger partial charge on any atom is 0.240 e. The number of hydrogen-bond donors (Lipinski definition) is 2. The smallest absolute Gasteiger partial charge is 0.240 e. The van der Waals surface area contributed by atoms with Gasteiger partial charge in [-0.3, -0.25) is 4.79 Å². The lowest BCUT2D eigenvalue weighted by Crippen LogP contribution is -2.24. The monoisotopic (exact) mass is 376 g/mol. The van der Waals surface area contributed by atoms with Gasteiger partial charge in [-0.05, 0) is 42.7 Å². The van der Waals surface area contributed by atoms with Crippen LogP contribution in [-0.4, -0.2) is 28.0 Å². The Kier molecular flexibility index (Phi) is 7.17. The van der Waals surface area contributed by atoms with E-state index in [1.165, 1.54) is 0 Å². The van der Waals surface area contributed by atoms with Crippen LogP contribution < -0.4 is 14.8 Å². The van der Waals surface area contributed by atoms with Gasteiger partial charge in [-0.2, -0.15) is 0 Å². The van der Waals surface area contributed by atoms with Crippen LogP contribution in [0.3, 0.4) is 0 Å². The normalized spacial score (nSPS) is 11.2. The number of methoxy groups -OCH3 is 1. The Morgan fingerprint density at radius 2 is 1.77 bits per heavy atom. The lowest BCUT2D eigenvalue weighted by atomic mass is 10.1. The molecule has 0 heterocycles. The first-order valence-electron chi connectivity index (χ1n) is 8.47. The molecule has 0 fully saturated rings. The minimum Gasteiger partial charge on any atom is -0.495 e. The molecule has 140 valence electrons. The number of anilines is 1. The molecule has 0 aliphatic carbocycles. The van der Waals surface area contributed by atoms with Crippen molar-refractivity contribution in [1.82, 2.24) is 4.72 Å². The standard InChI is InChI=1S/C19H24N2O4S/c1-3-14-20-26(23,24)16-11-8-15(9-12-16)10-13-19(22)21-17-6-4-5-7-18(17)25-2/h4-9,11-12,20H,3,10,13-14H2,1-2H3,(H,21,22). The van der Waals surface area contributed by atoms with Gasteiger partial charge in [-0.1, -0.05) is 31.2 Å². The van der Waals surface area contributed by atoms with Crippen molar-refractivity contribution < 1.29 is 17.9 Å². The zero-order chi connectivity index (χ0) is 19.0. The first kappa shape index (κ1) is 19.9. The highest BCUT2D eigenvalue weighted by Gasteiger charge is 2.13. The van der Waals surface area contributed by atoms with Crippen LogP contribution in [0.1, 0.15) is 25.3 Å². The minimum atomic E-state index is -3.46. The summed E-state index contributed by atoms with van der Waals surface area (Å²) >= 11 is 0. The number of benzene rings is 2. The Balaban J connectivity index is 1.92. The largest absolute Gasteiger partial charge is 0.495 e. The number of ether oxygens (including phenoxy) is 1. The number of nitrogens with one attached hydrogen (secondary N) is 2. The van der Waals surface area contributed by atoms with E-state index in [1.54, 1.807) is 43.5 Å². The molecule has 0 aliphatic heterocycles. The third-order valence-electron chi connectivity index (χ3n) is 3.80. The van der Waals surface area contributed by atoms with Gasteiger partial charge >= 0.3 is 0 Å². The van der Waals surface area contributed by atoms with Crippen LogP contribution in [0.15, 0.2) is 53.4 Å². The molecule has 0 atom stereocenters. The molecule has 2 aromatic carbocycles. The van der Waals surface area contributed by atoms with Crippen molar-refractivity contribution in [3.05, 3.63) is 54.1 Å². The first-order valence-corrected chi connectivity index (χ1v) is 9.96. The molecular formula is C19H24N2O4S. The van der Waals surface area contributed by atoms with Crippen molar-refractivity contribution in [3.8, 4) is 5.75 Å². The Morgan fingerprint density at radius 1 is 1.08 bits per heavy atom. The topological polar surface area (TPSA) is 84.5 Å². The predicted octanol–water partition coefficient (Wildman–Crippen LogP) is 2.95. The van der Waals surface area contributed by atoms with E-state index in [2.05, 4.69) is 10.0 Å². The second-order valence-corrected chi connectivity index (χ2v) is 7.56. The Hall–Kier alpha value is -2.38. The summed E-state index contributed by atoms with van der Waals surface area (Å²) in [7, 11) is -1.91. The van der Waals surface area contributed by atoms with Gasteiger partial charge in [0.15, 0.2) is 0 Å². The highest BCUT2D eigenvalue weighted by molar-refractivity contribution is 7.89. The van der Waals surface area contributed by atoms with Crippen LogP contribution in [0, 0.1) is 0 Å². The fourth-order valence-corrected chi connectivity index (χ4v) is 3.51. The summed E-state index contributed by atoms with van der Waals surface area (Å²) in [6.07, 6.45) is 1.54. The molecule has 26 heavy (non-hydrogen) atoms. The summed E-state index contributed by atoms with van der Waals surface area (Å²) in [5, 5.41) is 2.82. The van der Waals surface area contributed by atoms with Crippen LogP contribution in [-0.2, 0) is 21.2 Å². The average molecular weight is 376 g/mol. The SMILES string of the molecule is CCCNS(=O)(=O)c1ccc(CCC(=O)Nc2ccccc2OC)cc1. The summed E-state index contributed by atoms with van der Waals surface area (Å²) in [5.74, 6) is 0.478. The molecule has 2 rings (SSSR count). The van der Waals surface area contributed by atoms with Crippen molar-refractivity contribution in [3.63, 3.8) is 0 Å². The van der Waals surface area contributed by atoms with Gasteiger partial charge in [-0.15, -0.1) is 0 Å². The first-order chi connectivity index (χ1) is 12.5. The molecule has 0 aromatic heterocycles. The van der Waals surface area contributed by atoms with E-state index in [0.717, 1.165) is 12.0 Å². The molecular weight excluding hydrogens is 352 g/mol. The minimum absolute atomic E-state index is 0.129. The van der Waals surface area contributed by atoms with E-state index in [-0.39, 0.29) is 17.2 Å². The summed E-state index contributed by atoms with van der Waals surface area (Å²) in [5.41, 5.74) is 1.53. The lowest BCUT2D eigenvalue weighted by Gasteiger charge is -2.10.